The average Bonchev–Trinajstić information content (AvgIpc) is 3.53. The number of amides is 1. The number of hydrogen-bond acceptors (Lipinski definition) is 4. The Kier molecular flexibility index (Phi) is 5.78. The summed E-state index contributed by atoms with van der Waals surface area (Å²) in [5.41, 5.74) is 4.15. The summed E-state index contributed by atoms with van der Waals surface area (Å²) in [5.74, 6) is -0.163. The van der Waals surface area contributed by atoms with Crippen LogP contribution in [0.1, 0.15) is 21.5 Å². The molecule has 0 bridgehead atoms. The van der Waals surface area contributed by atoms with E-state index in [-0.39, 0.29) is 11.5 Å². The van der Waals surface area contributed by atoms with Crippen LogP contribution >= 0.6 is 0 Å². The molecule has 2 aromatic carbocycles. The SMILES string of the molecule is Cc1ccccc1Cn1cnc2c(cnn2CCNC(=O)c2ccc(-n3cccc3)cc2)c1=O. The standard InChI is InChI=1S/C26H24N6O2/c1-19-6-2-3-7-21(19)17-31-18-28-24-23(26(31)34)16-29-32(24)15-12-27-25(33)20-8-10-22(11-9-20)30-13-4-5-14-30/h2-11,13-14,16,18H,12,15,17H2,1H3,(H,27,33). The zero-order chi connectivity index (χ0) is 23.5. The number of carbonyl (C=O) groups is 1. The maximum absolute atomic E-state index is 12.9. The summed E-state index contributed by atoms with van der Waals surface area (Å²) in [6, 6.07) is 19.3. The molecule has 0 aliphatic heterocycles. The second-order valence-corrected chi connectivity index (χ2v) is 8.10. The maximum atomic E-state index is 12.9. The molecule has 5 rings (SSSR count). The molecule has 3 heterocycles. The molecule has 0 spiro atoms. The third-order valence-corrected chi connectivity index (χ3v) is 5.87. The lowest BCUT2D eigenvalue weighted by molar-refractivity contribution is 0.0952. The predicted molar refractivity (Wildman–Crippen MR) is 130 cm³/mol. The molecule has 0 saturated carbocycles. The van der Waals surface area contributed by atoms with Crippen LogP contribution in [0.25, 0.3) is 16.7 Å². The van der Waals surface area contributed by atoms with Crippen LogP contribution < -0.4 is 10.9 Å². The van der Waals surface area contributed by atoms with Gasteiger partial charge in [-0.15, -0.1) is 0 Å². The third kappa shape index (κ3) is 4.25. The van der Waals surface area contributed by atoms with E-state index < -0.39 is 0 Å². The Hall–Kier alpha value is -4.46. The number of hydrogen-bond donors (Lipinski definition) is 1. The highest BCUT2D eigenvalue weighted by Crippen LogP contribution is 2.11. The summed E-state index contributed by atoms with van der Waals surface area (Å²) in [7, 11) is 0. The van der Waals surface area contributed by atoms with Gasteiger partial charge in [-0.05, 0) is 54.4 Å². The fourth-order valence-corrected chi connectivity index (χ4v) is 3.91. The lowest BCUT2D eigenvalue weighted by Gasteiger charge is -2.09. The van der Waals surface area contributed by atoms with E-state index in [9.17, 15) is 9.59 Å². The van der Waals surface area contributed by atoms with Crippen LogP contribution in [-0.4, -0.2) is 36.4 Å². The highest BCUT2D eigenvalue weighted by Gasteiger charge is 2.12. The highest BCUT2D eigenvalue weighted by atomic mass is 16.1. The molecule has 0 unspecified atom stereocenters. The van der Waals surface area contributed by atoms with Crippen molar-refractivity contribution in [3.8, 4) is 5.69 Å². The molecule has 0 saturated heterocycles. The van der Waals surface area contributed by atoms with Gasteiger partial charge in [0.05, 0.1) is 19.3 Å². The Labute approximate surface area is 196 Å². The molecule has 0 radical (unpaired) electrons. The minimum absolute atomic E-state index is 0.133. The van der Waals surface area contributed by atoms with E-state index in [0.29, 0.717) is 36.2 Å². The first-order chi connectivity index (χ1) is 16.6. The summed E-state index contributed by atoms with van der Waals surface area (Å²) in [6.07, 6.45) is 7.00. The van der Waals surface area contributed by atoms with E-state index >= 15 is 0 Å². The molecule has 8 nitrogen and oxygen atoms in total. The minimum atomic E-state index is -0.163. The van der Waals surface area contributed by atoms with E-state index in [1.807, 2.05) is 72.4 Å². The predicted octanol–water partition coefficient (Wildman–Crippen LogP) is 3.17. The van der Waals surface area contributed by atoms with Crippen molar-refractivity contribution in [1.82, 2.24) is 29.2 Å². The van der Waals surface area contributed by atoms with Crippen molar-refractivity contribution in [2.75, 3.05) is 6.54 Å². The quantitative estimate of drug-likeness (QED) is 0.411. The van der Waals surface area contributed by atoms with Gasteiger partial charge in [0.1, 0.15) is 11.7 Å². The lowest BCUT2D eigenvalue weighted by Crippen LogP contribution is -2.27. The van der Waals surface area contributed by atoms with Crippen LogP contribution in [0.4, 0.5) is 0 Å². The number of carbonyl (C=O) groups excluding carboxylic acids is 1. The molecular formula is C26H24N6O2. The monoisotopic (exact) mass is 452 g/mol. The fourth-order valence-electron chi connectivity index (χ4n) is 3.91. The number of aromatic nitrogens is 5. The summed E-state index contributed by atoms with van der Waals surface area (Å²) in [4.78, 5) is 29.9. The number of nitrogens with zero attached hydrogens (tertiary/aromatic N) is 5. The van der Waals surface area contributed by atoms with Gasteiger partial charge in [-0.3, -0.25) is 14.2 Å². The normalized spacial score (nSPS) is 11.1. The average molecular weight is 453 g/mol. The van der Waals surface area contributed by atoms with Crippen LogP contribution in [-0.2, 0) is 13.1 Å². The van der Waals surface area contributed by atoms with Gasteiger partial charge in [0, 0.05) is 30.2 Å². The number of nitrogens with one attached hydrogen (secondary N) is 1. The molecule has 1 amide bonds. The molecule has 34 heavy (non-hydrogen) atoms. The molecule has 0 aliphatic carbocycles. The van der Waals surface area contributed by atoms with Crippen molar-refractivity contribution < 1.29 is 4.79 Å². The van der Waals surface area contributed by atoms with Gasteiger partial charge in [0.2, 0.25) is 0 Å². The van der Waals surface area contributed by atoms with Crippen molar-refractivity contribution in [1.29, 1.82) is 0 Å². The summed E-state index contributed by atoms with van der Waals surface area (Å²) in [6.45, 7) is 3.25. The zero-order valence-electron chi connectivity index (χ0n) is 18.8. The Balaban J connectivity index is 1.24. The van der Waals surface area contributed by atoms with Crippen molar-refractivity contribution in [3.05, 3.63) is 113 Å². The van der Waals surface area contributed by atoms with Gasteiger partial charge < -0.3 is 9.88 Å². The van der Waals surface area contributed by atoms with Crippen molar-refractivity contribution in [2.24, 2.45) is 0 Å². The van der Waals surface area contributed by atoms with E-state index in [4.69, 9.17) is 0 Å². The highest BCUT2D eigenvalue weighted by molar-refractivity contribution is 5.94. The largest absolute Gasteiger partial charge is 0.350 e. The Morgan fingerprint density at radius 1 is 1.00 bits per heavy atom. The van der Waals surface area contributed by atoms with E-state index in [1.54, 1.807) is 33.9 Å². The molecule has 0 atom stereocenters. The van der Waals surface area contributed by atoms with Crippen LogP contribution in [0.3, 0.4) is 0 Å². The second-order valence-electron chi connectivity index (χ2n) is 8.10. The molecule has 170 valence electrons. The number of rotatable bonds is 7. The minimum Gasteiger partial charge on any atom is -0.350 e. The molecule has 3 aromatic heterocycles. The molecule has 5 aromatic rings. The maximum Gasteiger partial charge on any atom is 0.264 e. The van der Waals surface area contributed by atoms with Gasteiger partial charge in [0.15, 0.2) is 5.65 Å². The number of benzene rings is 2. The first-order valence-corrected chi connectivity index (χ1v) is 11.1. The van der Waals surface area contributed by atoms with E-state index in [2.05, 4.69) is 15.4 Å². The topological polar surface area (TPSA) is 86.7 Å². The Morgan fingerprint density at radius 2 is 1.76 bits per heavy atom. The van der Waals surface area contributed by atoms with Crippen LogP contribution in [0.5, 0.6) is 0 Å². The Bertz CT molecular complexity index is 1500. The molecule has 0 aliphatic rings. The summed E-state index contributed by atoms with van der Waals surface area (Å²) < 4.78 is 5.21. The second kappa shape index (κ2) is 9.19. The smallest absolute Gasteiger partial charge is 0.264 e. The van der Waals surface area contributed by atoms with E-state index in [1.165, 1.54) is 0 Å². The van der Waals surface area contributed by atoms with Crippen LogP contribution in [0.2, 0.25) is 0 Å². The molecular weight excluding hydrogens is 428 g/mol. The van der Waals surface area contributed by atoms with Gasteiger partial charge in [-0.2, -0.15) is 5.10 Å². The zero-order valence-corrected chi connectivity index (χ0v) is 18.8. The first-order valence-electron chi connectivity index (χ1n) is 11.1. The lowest BCUT2D eigenvalue weighted by atomic mass is 10.1. The third-order valence-electron chi connectivity index (χ3n) is 5.87. The number of aryl methyl sites for hydroxylation is 1. The van der Waals surface area contributed by atoms with Gasteiger partial charge in [-0.1, -0.05) is 24.3 Å². The van der Waals surface area contributed by atoms with Crippen molar-refractivity contribution in [3.63, 3.8) is 0 Å². The Morgan fingerprint density at radius 3 is 2.53 bits per heavy atom. The summed E-state index contributed by atoms with van der Waals surface area (Å²) in [5, 5.41) is 7.68. The first kappa shape index (κ1) is 21.4. The van der Waals surface area contributed by atoms with Gasteiger partial charge in [0.25, 0.3) is 11.5 Å². The molecule has 0 fully saturated rings. The molecule has 8 heteroatoms. The van der Waals surface area contributed by atoms with Gasteiger partial charge >= 0.3 is 0 Å². The summed E-state index contributed by atoms with van der Waals surface area (Å²) >= 11 is 0. The fraction of sp³-hybridized carbons (Fsp3) is 0.154. The van der Waals surface area contributed by atoms with Crippen LogP contribution in [0.15, 0.2) is 90.4 Å². The van der Waals surface area contributed by atoms with Crippen molar-refractivity contribution in [2.45, 2.75) is 20.0 Å². The van der Waals surface area contributed by atoms with E-state index in [0.717, 1.165) is 16.8 Å². The van der Waals surface area contributed by atoms with Crippen LogP contribution in [0, 0.1) is 6.92 Å². The van der Waals surface area contributed by atoms with Crippen molar-refractivity contribution >= 4 is 16.9 Å². The van der Waals surface area contributed by atoms with Gasteiger partial charge in [-0.25, -0.2) is 9.67 Å². The number of fused-ring (bicyclic) bond motifs is 1. The molecule has 1 N–H and O–H groups in total.